The molecule has 1 saturated heterocycles. The van der Waals surface area contributed by atoms with Crippen molar-refractivity contribution in [1.82, 2.24) is 0 Å². The highest BCUT2D eigenvalue weighted by Crippen LogP contribution is 2.32. The van der Waals surface area contributed by atoms with Gasteiger partial charge in [0.2, 0.25) is 0 Å². The minimum atomic E-state index is -0.416. The molecule has 1 aromatic carbocycles. The van der Waals surface area contributed by atoms with Crippen molar-refractivity contribution < 1.29 is 14.4 Å². The van der Waals surface area contributed by atoms with E-state index in [1.165, 1.54) is 6.07 Å². The highest BCUT2D eigenvalue weighted by molar-refractivity contribution is 9.08. The third-order valence-electron chi connectivity index (χ3n) is 3.35. The van der Waals surface area contributed by atoms with Gasteiger partial charge in [0.15, 0.2) is 5.75 Å². The Kier molecular flexibility index (Phi) is 4.65. The third-order valence-corrected chi connectivity index (χ3v) is 4.00. The number of rotatable bonds is 5. The lowest BCUT2D eigenvalue weighted by molar-refractivity contribution is -0.386. The summed E-state index contributed by atoms with van der Waals surface area (Å²) in [6, 6.07) is 4.99. The lowest BCUT2D eigenvalue weighted by Crippen LogP contribution is -2.24. The third kappa shape index (κ3) is 3.70. The van der Waals surface area contributed by atoms with Gasteiger partial charge in [0.05, 0.1) is 16.6 Å². The Bertz CT molecular complexity index is 504. The van der Waals surface area contributed by atoms with Gasteiger partial charge in [-0.25, -0.2) is 0 Å². The zero-order valence-electron chi connectivity index (χ0n) is 11.6. The van der Waals surface area contributed by atoms with Crippen LogP contribution in [0, 0.1) is 10.1 Å². The Hall–Kier alpha value is -1.14. The molecule has 1 atom stereocenters. The largest absolute Gasteiger partial charge is 0.484 e. The van der Waals surface area contributed by atoms with E-state index in [4.69, 9.17) is 9.47 Å². The van der Waals surface area contributed by atoms with E-state index in [-0.39, 0.29) is 17.4 Å². The van der Waals surface area contributed by atoms with Crippen LogP contribution in [0.2, 0.25) is 0 Å². The molecule has 1 aliphatic heterocycles. The molecule has 0 aliphatic carbocycles. The SMILES string of the molecule is CC1(C)CCC(COc2ccc(CBr)cc2[N+](=O)[O-])O1. The van der Waals surface area contributed by atoms with Crippen LogP contribution in [0.3, 0.4) is 0 Å². The lowest BCUT2D eigenvalue weighted by Gasteiger charge is -2.19. The summed E-state index contributed by atoms with van der Waals surface area (Å²) >= 11 is 3.29. The van der Waals surface area contributed by atoms with Crippen molar-refractivity contribution in [3.63, 3.8) is 0 Å². The molecule has 1 aliphatic rings. The summed E-state index contributed by atoms with van der Waals surface area (Å²) in [6.45, 7) is 4.43. The normalized spacial score (nSPS) is 20.9. The van der Waals surface area contributed by atoms with Crippen molar-refractivity contribution in [1.29, 1.82) is 0 Å². The summed E-state index contributed by atoms with van der Waals surface area (Å²) < 4.78 is 11.4. The van der Waals surface area contributed by atoms with Crippen LogP contribution in [0.1, 0.15) is 32.3 Å². The predicted molar refractivity (Wildman–Crippen MR) is 79.4 cm³/mol. The van der Waals surface area contributed by atoms with Crippen molar-refractivity contribution in [3.05, 3.63) is 33.9 Å². The van der Waals surface area contributed by atoms with E-state index in [0.29, 0.717) is 17.7 Å². The van der Waals surface area contributed by atoms with Crippen LogP contribution in [-0.2, 0) is 10.1 Å². The van der Waals surface area contributed by atoms with Crippen molar-refractivity contribution >= 4 is 21.6 Å². The molecule has 0 radical (unpaired) electrons. The molecule has 110 valence electrons. The highest BCUT2D eigenvalue weighted by Gasteiger charge is 2.32. The van der Waals surface area contributed by atoms with Crippen LogP contribution < -0.4 is 4.74 Å². The number of halogens is 1. The molecule has 1 aromatic rings. The van der Waals surface area contributed by atoms with Crippen LogP contribution in [0.4, 0.5) is 5.69 Å². The summed E-state index contributed by atoms with van der Waals surface area (Å²) in [5, 5.41) is 11.6. The second-order valence-corrected chi connectivity index (χ2v) is 6.10. The van der Waals surface area contributed by atoms with Gasteiger partial charge in [-0.1, -0.05) is 22.0 Å². The number of ether oxygens (including phenoxy) is 2. The van der Waals surface area contributed by atoms with Crippen molar-refractivity contribution in [2.75, 3.05) is 6.61 Å². The van der Waals surface area contributed by atoms with Crippen molar-refractivity contribution in [2.45, 2.75) is 43.7 Å². The lowest BCUT2D eigenvalue weighted by atomic mass is 10.1. The zero-order chi connectivity index (χ0) is 14.8. The maximum atomic E-state index is 11.1. The van der Waals surface area contributed by atoms with E-state index >= 15 is 0 Å². The number of benzene rings is 1. The molecule has 1 heterocycles. The van der Waals surface area contributed by atoms with Gasteiger partial charge >= 0.3 is 5.69 Å². The van der Waals surface area contributed by atoms with Gasteiger partial charge in [-0.3, -0.25) is 10.1 Å². The van der Waals surface area contributed by atoms with E-state index in [2.05, 4.69) is 15.9 Å². The van der Waals surface area contributed by atoms with Crippen LogP contribution >= 0.6 is 15.9 Å². The minimum absolute atomic E-state index is 0.000422. The van der Waals surface area contributed by atoms with Crippen molar-refractivity contribution in [2.24, 2.45) is 0 Å². The standard InChI is InChI=1S/C14H18BrNO4/c1-14(2)6-5-11(20-14)9-19-13-4-3-10(8-15)7-12(13)16(17)18/h3-4,7,11H,5-6,8-9H2,1-2H3. The molecule has 20 heavy (non-hydrogen) atoms. The summed E-state index contributed by atoms with van der Waals surface area (Å²) in [4.78, 5) is 10.7. The molecule has 2 rings (SSSR count). The molecule has 0 spiro atoms. The fourth-order valence-corrected chi connectivity index (χ4v) is 2.64. The van der Waals surface area contributed by atoms with E-state index in [9.17, 15) is 10.1 Å². The van der Waals surface area contributed by atoms with Gasteiger partial charge in [0.25, 0.3) is 0 Å². The van der Waals surface area contributed by atoms with Gasteiger partial charge in [-0.15, -0.1) is 0 Å². The van der Waals surface area contributed by atoms with Crippen LogP contribution in [0.15, 0.2) is 18.2 Å². The second-order valence-electron chi connectivity index (χ2n) is 5.54. The number of hydrogen-bond acceptors (Lipinski definition) is 4. The quantitative estimate of drug-likeness (QED) is 0.463. The molecule has 1 unspecified atom stereocenters. The molecular formula is C14H18BrNO4. The Balaban J connectivity index is 2.04. The summed E-state index contributed by atoms with van der Waals surface area (Å²) in [5.41, 5.74) is 0.723. The summed E-state index contributed by atoms with van der Waals surface area (Å²) in [5.74, 6) is 0.299. The fraction of sp³-hybridized carbons (Fsp3) is 0.571. The van der Waals surface area contributed by atoms with Crippen LogP contribution in [-0.4, -0.2) is 23.2 Å². The zero-order valence-corrected chi connectivity index (χ0v) is 13.2. The molecule has 1 fully saturated rings. The van der Waals surface area contributed by atoms with Crippen LogP contribution in [0.25, 0.3) is 0 Å². The highest BCUT2D eigenvalue weighted by atomic mass is 79.9. The predicted octanol–water partition coefficient (Wildman–Crippen LogP) is 3.83. The first-order valence-electron chi connectivity index (χ1n) is 6.55. The fourth-order valence-electron chi connectivity index (χ4n) is 2.29. The Morgan fingerprint density at radius 2 is 2.30 bits per heavy atom. The van der Waals surface area contributed by atoms with Gasteiger partial charge in [0, 0.05) is 11.4 Å². The summed E-state index contributed by atoms with van der Waals surface area (Å²) in [7, 11) is 0. The molecule has 0 N–H and O–H groups in total. The number of nitro groups is 1. The Labute approximate surface area is 126 Å². The molecule has 0 amide bonds. The molecule has 0 saturated carbocycles. The average Bonchev–Trinajstić information content (AvgIpc) is 2.75. The van der Waals surface area contributed by atoms with Crippen LogP contribution in [0.5, 0.6) is 5.75 Å². The first-order valence-corrected chi connectivity index (χ1v) is 7.67. The number of hydrogen-bond donors (Lipinski definition) is 0. The topological polar surface area (TPSA) is 61.6 Å². The van der Waals surface area contributed by atoms with Gasteiger partial charge in [0.1, 0.15) is 6.61 Å². The number of nitro benzene ring substituents is 1. The van der Waals surface area contributed by atoms with E-state index in [1.54, 1.807) is 6.07 Å². The molecule has 0 bridgehead atoms. The Morgan fingerprint density at radius 1 is 1.55 bits per heavy atom. The average molecular weight is 344 g/mol. The Morgan fingerprint density at radius 3 is 2.85 bits per heavy atom. The summed E-state index contributed by atoms with van der Waals surface area (Å²) in [6.07, 6.45) is 1.90. The van der Waals surface area contributed by atoms with Crippen molar-refractivity contribution in [3.8, 4) is 5.75 Å². The first kappa shape index (κ1) is 15.3. The number of nitrogens with zero attached hydrogens (tertiary/aromatic N) is 1. The smallest absolute Gasteiger partial charge is 0.311 e. The molecule has 0 aromatic heterocycles. The second kappa shape index (κ2) is 6.10. The molecule has 5 nitrogen and oxygen atoms in total. The monoisotopic (exact) mass is 343 g/mol. The maximum Gasteiger partial charge on any atom is 0.311 e. The first-order chi connectivity index (χ1) is 9.41. The van der Waals surface area contributed by atoms with E-state index < -0.39 is 4.92 Å². The van der Waals surface area contributed by atoms with E-state index in [1.807, 2.05) is 19.9 Å². The van der Waals surface area contributed by atoms with Gasteiger partial charge in [-0.2, -0.15) is 0 Å². The molecule has 6 heteroatoms. The van der Waals surface area contributed by atoms with E-state index in [0.717, 1.165) is 18.4 Å². The molecular weight excluding hydrogens is 326 g/mol. The maximum absolute atomic E-state index is 11.1. The van der Waals surface area contributed by atoms with Gasteiger partial charge < -0.3 is 9.47 Å². The minimum Gasteiger partial charge on any atom is -0.484 e. The van der Waals surface area contributed by atoms with Gasteiger partial charge in [-0.05, 0) is 38.3 Å². The number of alkyl halides is 1.